The molecule has 178 valence electrons. The molecule has 0 aliphatic carbocycles. The number of benzene rings is 2. The van der Waals surface area contributed by atoms with Gasteiger partial charge in [-0.05, 0) is 42.8 Å². The molecule has 2 heterocycles. The summed E-state index contributed by atoms with van der Waals surface area (Å²) >= 11 is 0. The van der Waals surface area contributed by atoms with Gasteiger partial charge in [-0.1, -0.05) is 5.21 Å². The molecule has 0 spiro atoms. The Balaban J connectivity index is 1.26. The van der Waals surface area contributed by atoms with Gasteiger partial charge in [0.25, 0.3) is 5.69 Å². The summed E-state index contributed by atoms with van der Waals surface area (Å²) in [5, 5.41) is 18.3. The standard InChI is InChI=1S/C24H20FN5O5/c25-22-14-20(30(32)33)7-3-17(22)6-10-24-27-19(16-35-24)15-34-21-8-4-18(5-9-21)23(31)2-1-12-29-13-11-26-28-29/h3-11,13-14,16H,1-2,12,15H2. The number of Topliss-reactive ketones (excluding diaryl/α,β-unsaturated/α-hetero) is 1. The fourth-order valence-electron chi connectivity index (χ4n) is 3.18. The average molecular weight is 477 g/mol. The number of ketones is 1. The van der Waals surface area contributed by atoms with Gasteiger partial charge < -0.3 is 9.15 Å². The van der Waals surface area contributed by atoms with E-state index in [1.807, 2.05) is 0 Å². The molecule has 0 saturated heterocycles. The Labute approximate surface area is 198 Å². The molecule has 35 heavy (non-hydrogen) atoms. The average Bonchev–Trinajstić information content (AvgIpc) is 3.54. The molecule has 0 N–H and O–H groups in total. The van der Waals surface area contributed by atoms with Gasteiger partial charge in [-0.25, -0.2) is 9.37 Å². The van der Waals surface area contributed by atoms with Crippen molar-refractivity contribution >= 4 is 23.6 Å². The van der Waals surface area contributed by atoms with Gasteiger partial charge in [0.05, 0.1) is 17.2 Å². The molecular weight excluding hydrogens is 457 g/mol. The molecular formula is C24H20FN5O5. The molecule has 2 aromatic heterocycles. The molecule has 0 bridgehead atoms. The van der Waals surface area contributed by atoms with Gasteiger partial charge in [0.2, 0.25) is 5.89 Å². The highest BCUT2D eigenvalue weighted by atomic mass is 19.1. The van der Waals surface area contributed by atoms with Crippen LogP contribution < -0.4 is 4.74 Å². The molecule has 11 heteroatoms. The van der Waals surface area contributed by atoms with Crippen molar-refractivity contribution in [1.82, 2.24) is 20.0 Å². The highest BCUT2D eigenvalue weighted by Gasteiger charge is 2.10. The number of oxazole rings is 1. The van der Waals surface area contributed by atoms with Crippen LogP contribution in [0.1, 0.15) is 40.3 Å². The number of aromatic nitrogens is 4. The number of nitro groups is 1. The van der Waals surface area contributed by atoms with Gasteiger partial charge in [-0.2, -0.15) is 0 Å². The van der Waals surface area contributed by atoms with Gasteiger partial charge in [0.1, 0.15) is 30.1 Å². The lowest BCUT2D eigenvalue weighted by Crippen LogP contribution is -2.04. The number of nitrogens with zero attached hydrogens (tertiary/aromatic N) is 5. The maximum Gasteiger partial charge on any atom is 0.272 e. The molecule has 0 saturated carbocycles. The Kier molecular flexibility index (Phi) is 7.36. The third-order valence-electron chi connectivity index (χ3n) is 5.00. The minimum Gasteiger partial charge on any atom is -0.487 e. The van der Waals surface area contributed by atoms with Gasteiger partial charge in [0, 0.05) is 42.4 Å². The van der Waals surface area contributed by atoms with Crippen LogP contribution in [0.15, 0.2) is 65.5 Å². The third-order valence-corrected chi connectivity index (χ3v) is 5.00. The number of ether oxygens (including phenoxy) is 1. The van der Waals surface area contributed by atoms with Crippen LogP contribution in [0.4, 0.5) is 10.1 Å². The second-order valence-corrected chi connectivity index (χ2v) is 7.48. The molecule has 10 nitrogen and oxygen atoms in total. The SMILES string of the molecule is O=C(CCCn1ccnn1)c1ccc(OCc2coc(C=Cc3ccc([N+](=O)[O-])cc3F)n2)cc1. The van der Waals surface area contributed by atoms with Crippen LogP contribution in [0, 0.1) is 15.9 Å². The van der Waals surface area contributed by atoms with Gasteiger partial charge in [-0.3, -0.25) is 19.6 Å². The number of aryl methyl sites for hydroxylation is 1. The fraction of sp³-hybridized carbons (Fsp3) is 0.167. The van der Waals surface area contributed by atoms with Crippen molar-refractivity contribution in [2.24, 2.45) is 0 Å². The number of hydrogen-bond acceptors (Lipinski definition) is 8. The molecule has 4 rings (SSSR count). The number of nitro benzene ring substituents is 1. The lowest BCUT2D eigenvalue weighted by molar-refractivity contribution is -0.385. The van der Waals surface area contributed by atoms with Crippen molar-refractivity contribution in [3.8, 4) is 5.75 Å². The fourth-order valence-corrected chi connectivity index (χ4v) is 3.18. The summed E-state index contributed by atoms with van der Waals surface area (Å²) in [6.45, 7) is 0.763. The molecule has 4 aromatic rings. The first-order valence-electron chi connectivity index (χ1n) is 10.6. The van der Waals surface area contributed by atoms with E-state index in [1.165, 1.54) is 30.5 Å². The van der Waals surface area contributed by atoms with E-state index in [-0.39, 0.29) is 29.5 Å². The Hall–Kier alpha value is -4.67. The zero-order valence-electron chi connectivity index (χ0n) is 18.4. The zero-order valence-corrected chi connectivity index (χ0v) is 18.4. The van der Waals surface area contributed by atoms with E-state index in [0.717, 1.165) is 6.07 Å². The lowest BCUT2D eigenvalue weighted by Gasteiger charge is -2.05. The summed E-state index contributed by atoms with van der Waals surface area (Å²) < 4.78 is 26.7. The minimum absolute atomic E-state index is 0.0362. The third kappa shape index (κ3) is 6.44. The molecule has 0 aliphatic rings. The van der Waals surface area contributed by atoms with Crippen LogP contribution >= 0.6 is 0 Å². The molecule has 0 aliphatic heterocycles. The normalized spacial score (nSPS) is 11.1. The van der Waals surface area contributed by atoms with E-state index >= 15 is 0 Å². The molecule has 0 fully saturated rings. The Morgan fingerprint density at radius 1 is 1.20 bits per heavy atom. The Morgan fingerprint density at radius 2 is 2.03 bits per heavy atom. The number of halogens is 1. The van der Waals surface area contributed by atoms with Crippen LogP contribution in [0.25, 0.3) is 12.2 Å². The Bertz CT molecular complexity index is 1330. The van der Waals surface area contributed by atoms with Crippen LogP contribution in [0.3, 0.4) is 0 Å². The van der Waals surface area contributed by atoms with E-state index in [0.29, 0.717) is 36.4 Å². The summed E-state index contributed by atoms with van der Waals surface area (Å²) in [6, 6.07) is 10.2. The second kappa shape index (κ2) is 11.0. The van der Waals surface area contributed by atoms with E-state index in [1.54, 1.807) is 41.3 Å². The van der Waals surface area contributed by atoms with Crippen LogP contribution in [-0.4, -0.2) is 30.7 Å². The van der Waals surface area contributed by atoms with Crippen LogP contribution in [-0.2, 0) is 13.2 Å². The first-order chi connectivity index (χ1) is 17.0. The van der Waals surface area contributed by atoms with Gasteiger partial charge >= 0.3 is 0 Å². The maximum atomic E-state index is 14.0. The first-order valence-corrected chi connectivity index (χ1v) is 10.6. The number of non-ortho nitro benzene ring substituents is 1. The number of carbonyl (C=O) groups is 1. The van der Waals surface area contributed by atoms with Crippen molar-refractivity contribution in [2.45, 2.75) is 26.0 Å². The van der Waals surface area contributed by atoms with Crippen molar-refractivity contribution in [3.05, 3.63) is 99.8 Å². The topological polar surface area (TPSA) is 126 Å². The largest absolute Gasteiger partial charge is 0.487 e. The maximum absolute atomic E-state index is 14.0. The first kappa shape index (κ1) is 23.5. The zero-order chi connectivity index (χ0) is 24.6. The summed E-state index contributed by atoms with van der Waals surface area (Å²) in [6.07, 6.45) is 8.70. The van der Waals surface area contributed by atoms with Crippen molar-refractivity contribution < 1.29 is 23.3 Å². The molecule has 2 aromatic carbocycles. The highest BCUT2D eigenvalue weighted by Crippen LogP contribution is 2.19. The second-order valence-electron chi connectivity index (χ2n) is 7.48. The molecule has 0 radical (unpaired) electrons. The quantitative estimate of drug-likeness (QED) is 0.172. The van der Waals surface area contributed by atoms with Crippen molar-refractivity contribution in [3.63, 3.8) is 0 Å². The number of rotatable bonds is 11. The predicted octanol–water partition coefficient (Wildman–Crippen LogP) is 4.73. The van der Waals surface area contributed by atoms with Crippen LogP contribution in [0.2, 0.25) is 0 Å². The van der Waals surface area contributed by atoms with Gasteiger partial charge in [-0.15, -0.1) is 5.10 Å². The Morgan fingerprint density at radius 3 is 2.74 bits per heavy atom. The van der Waals surface area contributed by atoms with E-state index in [4.69, 9.17) is 9.15 Å². The number of hydrogen-bond donors (Lipinski definition) is 0. The summed E-state index contributed by atoms with van der Waals surface area (Å²) in [5.41, 5.74) is 0.959. The predicted molar refractivity (Wildman–Crippen MR) is 123 cm³/mol. The highest BCUT2D eigenvalue weighted by molar-refractivity contribution is 5.96. The summed E-state index contributed by atoms with van der Waals surface area (Å²) in [4.78, 5) is 26.6. The van der Waals surface area contributed by atoms with Crippen LogP contribution in [0.5, 0.6) is 5.75 Å². The van der Waals surface area contributed by atoms with Crippen molar-refractivity contribution in [1.29, 1.82) is 0 Å². The van der Waals surface area contributed by atoms with E-state index in [9.17, 15) is 19.3 Å². The summed E-state index contributed by atoms with van der Waals surface area (Å²) in [5.74, 6) is 0.113. The monoisotopic (exact) mass is 477 g/mol. The van der Waals surface area contributed by atoms with Crippen molar-refractivity contribution in [2.75, 3.05) is 0 Å². The molecule has 0 unspecified atom stereocenters. The molecule has 0 atom stereocenters. The lowest BCUT2D eigenvalue weighted by atomic mass is 10.1. The molecule has 0 amide bonds. The van der Waals surface area contributed by atoms with Gasteiger partial charge in [0.15, 0.2) is 5.78 Å². The smallest absolute Gasteiger partial charge is 0.272 e. The van der Waals surface area contributed by atoms with E-state index in [2.05, 4.69) is 15.3 Å². The summed E-state index contributed by atoms with van der Waals surface area (Å²) in [7, 11) is 0. The minimum atomic E-state index is -0.720. The number of carbonyl (C=O) groups excluding carboxylic acids is 1. The van der Waals surface area contributed by atoms with E-state index < -0.39 is 10.7 Å².